The Morgan fingerprint density at radius 3 is 2.25 bits per heavy atom. The van der Waals surface area contributed by atoms with E-state index in [0.717, 1.165) is 11.1 Å². The zero-order valence-electron chi connectivity index (χ0n) is 8.81. The summed E-state index contributed by atoms with van der Waals surface area (Å²) in [6.45, 7) is 1.91. The summed E-state index contributed by atoms with van der Waals surface area (Å²) in [6, 6.07) is 1.81. The third-order valence-corrected chi connectivity index (χ3v) is 2.27. The molecule has 6 nitrogen and oxygen atoms in total. The lowest BCUT2D eigenvalue weighted by atomic mass is 10.1. The van der Waals surface area contributed by atoms with Crippen LogP contribution in [0.15, 0.2) is 18.5 Å². The Balaban J connectivity index is 2.62. The van der Waals surface area contributed by atoms with Crippen LogP contribution in [0.2, 0.25) is 0 Å². The zero-order chi connectivity index (χ0) is 11.7. The number of pyridine rings is 1. The van der Waals surface area contributed by atoms with E-state index in [0.29, 0.717) is 5.82 Å². The van der Waals surface area contributed by atoms with E-state index >= 15 is 0 Å². The largest absolute Gasteiger partial charge is 0.393 e. The molecular weight excluding hydrogens is 204 g/mol. The molecule has 0 amide bonds. The van der Waals surface area contributed by atoms with E-state index in [-0.39, 0.29) is 17.3 Å². The molecule has 16 heavy (non-hydrogen) atoms. The fourth-order valence-corrected chi connectivity index (χ4v) is 1.35. The molecule has 0 radical (unpaired) electrons. The van der Waals surface area contributed by atoms with Crippen LogP contribution in [0.25, 0.3) is 11.4 Å². The molecule has 0 atom stereocenters. The summed E-state index contributed by atoms with van der Waals surface area (Å²) in [5, 5.41) is 0. The minimum absolute atomic E-state index is 0.193. The van der Waals surface area contributed by atoms with Crippen molar-refractivity contribution in [2.24, 2.45) is 0 Å². The van der Waals surface area contributed by atoms with Crippen LogP contribution in [-0.4, -0.2) is 15.0 Å². The quantitative estimate of drug-likeness (QED) is 0.642. The summed E-state index contributed by atoms with van der Waals surface area (Å²) < 4.78 is 0. The molecule has 0 spiro atoms. The SMILES string of the molecule is Cc1cnccc1-c1nc(N)c(N)c(N)n1. The Morgan fingerprint density at radius 1 is 1.06 bits per heavy atom. The smallest absolute Gasteiger partial charge is 0.164 e. The molecule has 0 aliphatic rings. The van der Waals surface area contributed by atoms with Gasteiger partial charge in [-0.15, -0.1) is 0 Å². The molecule has 6 N–H and O–H groups in total. The second-order valence-electron chi connectivity index (χ2n) is 3.42. The van der Waals surface area contributed by atoms with E-state index < -0.39 is 0 Å². The second-order valence-corrected chi connectivity index (χ2v) is 3.42. The Kier molecular flexibility index (Phi) is 2.32. The van der Waals surface area contributed by atoms with Gasteiger partial charge in [0, 0.05) is 18.0 Å². The number of aryl methyl sites for hydroxylation is 1. The van der Waals surface area contributed by atoms with Crippen molar-refractivity contribution in [3.63, 3.8) is 0 Å². The topological polar surface area (TPSA) is 117 Å². The Hall–Kier alpha value is -2.37. The van der Waals surface area contributed by atoms with Gasteiger partial charge in [0.2, 0.25) is 0 Å². The molecule has 0 unspecified atom stereocenters. The molecule has 6 heteroatoms. The monoisotopic (exact) mass is 216 g/mol. The third kappa shape index (κ3) is 1.60. The summed E-state index contributed by atoms with van der Waals surface area (Å²) in [6.07, 6.45) is 3.38. The van der Waals surface area contributed by atoms with E-state index in [4.69, 9.17) is 17.2 Å². The van der Waals surface area contributed by atoms with Crippen molar-refractivity contribution in [1.29, 1.82) is 0 Å². The first-order valence-electron chi connectivity index (χ1n) is 4.69. The standard InChI is InChI=1S/C10H12N6/c1-5-4-14-3-2-6(5)10-15-8(12)7(11)9(13)16-10/h2-4H,11H2,1H3,(H4,12,13,15,16). The average Bonchev–Trinajstić information content (AvgIpc) is 2.26. The summed E-state index contributed by atoms with van der Waals surface area (Å²) in [7, 11) is 0. The summed E-state index contributed by atoms with van der Waals surface area (Å²) >= 11 is 0. The van der Waals surface area contributed by atoms with Crippen LogP contribution in [-0.2, 0) is 0 Å². The van der Waals surface area contributed by atoms with E-state index in [2.05, 4.69) is 15.0 Å². The first-order chi connectivity index (χ1) is 7.59. The molecule has 2 rings (SSSR count). The highest BCUT2D eigenvalue weighted by Crippen LogP contribution is 2.25. The van der Waals surface area contributed by atoms with Crippen LogP contribution in [0.5, 0.6) is 0 Å². The number of aromatic nitrogens is 3. The van der Waals surface area contributed by atoms with Crippen molar-refractivity contribution in [1.82, 2.24) is 15.0 Å². The van der Waals surface area contributed by atoms with E-state index in [1.165, 1.54) is 0 Å². The van der Waals surface area contributed by atoms with E-state index in [1.807, 2.05) is 6.92 Å². The molecule has 0 bridgehead atoms. The predicted octanol–water partition coefficient (Wildman–Crippen LogP) is 0.594. The van der Waals surface area contributed by atoms with Gasteiger partial charge >= 0.3 is 0 Å². The highest BCUT2D eigenvalue weighted by atomic mass is 15.0. The van der Waals surface area contributed by atoms with Crippen LogP contribution >= 0.6 is 0 Å². The molecule has 0 aliphatic carbocycles. The third-order valence-electron chi connectivity index (χ3n) is 2.27. The number of nitrogens with two attached hydrogens (primary N) is 3. The average molecular weight is 216 g/mol. The van der Waals surface area contributed by atoms with Crippen LogP contribution in [0.1, 0.15) is 5.56 Å². The van der Waals surface area contributed by atoms with Gasteiger partial charge in [0.1, 0.15) is 5.69 Å². The molecule has 2 heterocycles. The highest BCUT2D eigenvalue weighted by Gasteiger charge is 2.10. The molecule has 0 fully saturated rings. The normalized spacial score (nSPS) is 10.3. The molecular formula is C10H12N6. The maximum atomic E-state index is 5.64. The van der Waals surface area contributed by atoms with Crippen LogP contribution in [0.4, 0.5) is 17.3 Å². The summed E-state index contributed by atoms with van der Waals surface area (Å²) in [5.41, 5.74) is 18.9. The maximum Gasteiger partial charge on any atom is 0.164 e. The van der Waals surface area contributed by atoms with Crippen LogP contribution in [0.3, 0.4) is 0 Å². The van der Waals surface area contributed by atoms with Crippen molar-refractivity contribution < 1.29 is 0 Å². The second kappa shape index (κ2) is 3.65. The highest BCUT2D eigenvalue weighted by molar-refractivity contribution is 5.74. The van der Waals surface area contributed by atoms with E-state index in [1.54, 1.807) is 18.5 Å². The molecule has 2 aromatic heterocycles. The van der Waals surface area contributed by atoms with Crippen LogP contribution in [0, 0.1) is 6.92 Å². The Bertz CT molecular complexity index is 514. The number of nitrogens with zero attached hydrogens (tertiary/aromatic N) is 3. The van der Waals surface area contributed by atoms with E-state index in [9.17, 15) is 0 Å². The van der Waals surface area contributed by atoms with Gasteiger partial charge in [-0.25, -0.2) is 9.97 Å². The molecule has 0 saturated heterocycles. The molecule has 0 aromatic carbocycles. The van der Waals surface area contributed by atoms with Crippen LogP contribution < -0.4 is 17.2 Å². The first kappa shape index (κ1) is 10.2. The van der Waals surface area contributed by atoms with Gasteiger partial charge in [0.05, 0.1) is 0 Å². The Morgan fingerprint density at radius 2 is 1.69 bits per heavy atom. The predicted molar refractivity (Wildman–Crippen MR) is 63.2 cm³/mol. The first-order valence-corrected chi connectivity index (χ1v) is 4.69. The molecule has 0 aliphatic heterocycles. The van der Waals surface area contributed by atoms with Gasteiger partial charge in [-0.2, -0.15) is 0 Å². The van der Waals surface area contributed by atoms with Crippen molar-refractivity contribution in [2.45, 2.75) is 6.92 Å². The van der Waals surface area contributed by atoms with Gasteiger partial charge in [0.25, 0.3) is 0 Å². The molecule has 82 valence electrons. The van der Waals surface area contributed by atoms with Gasteiger partial charge < -0.3 is 17.2 Å². The minimum atomic E-state index is 0.193. The fraction of sp³-hybridized carbons (Fsp3) is 0.100. The van der Waals surface area contributed by atoms with Gasteiger partial charge in [-0.3, -0.25) is 4.98 Å². The number of rotatable bonds is 1. The number of anilines is 3. The Labute approximate surface area is 92.5 Å². The van der Waals surface area contributed by atoms with Gasteiger partial charge in [-0.05, 0) is 18.6 Å². The lowest BCUT2D eigenvalue weighted by Crippen LogP contribution is -2.07. The van der Waals surface area contributed by atoms with Gasteiger partial charge in [0.15, 0.2) is 17.5 Å². The molecule has 2 aromatic rings. The fourth-order valence-electron chi connectivity index (χ4n) is 1.35. The minimum Gasteiger partial charge on any atom is -0.393 e. The summed E-state index contributed by atoms with van der Waals surface area (Å²) in [5.74, 6) is 0.849. The van der Waals surface area contributed by atoms with Gasteiger partial charge in [-0.1, -0.05) is 0 Å². The number of hydrogen-bond acceptors (Lipinski definition) is 6. The van der Waals surface area contributed by atoms with Crippen molar-refractivity contribution in [3.8, 4) is 11.4 Å². The van der Waals surface area contributed by atoms with Crippen molar-refractivity contribution >= 4 is 17.3 Å². The van der Waals surface area contributed by atoms with Crippen molar-refractivity contribution in [3.05, 3.63) is 24.0 Å². The number of hydrogen-bond donors (Lipinski definition) is 3. The lowest BCUT2D eigenvalue weighted by Gasteiger charge is -2.07. The maximum absolute atomic E-state index is 5.64. The van der Waals surface area contributed by atoms with Crippen molar-refractivity contribution in [2.75, 3.05) is 17.2 Å². The summed E-state index contributed by atoms with van der Waals surface area (Å²) in [4.78, 5) is 12.2. The lowest BCUT2D eigenvalue weighted by molar-refractivity contribution is 1.17. The molecule has 0 saturated carbocycles. The zero-order valence-corrected chi connectivity index (χ0v) is 8.81. The number of nitrogen functional groups attached to an aromatic ring is 3.